The Kier molecular flexibility index (Phi) is 6.18. The summed E-state index contributed by atoms with van der Waals surface area (Å²) in [5.41, 5.74) is 3.75. The van der Waals surface area contributed by atoms with E-state index in [2.05, 4.69) is 15.9 Å². The van der Waals surface area contributed by atoms with Crippen molar-refractivity contribution >= 4 is 0 Å². The van der Waals surface area contributed by atoms with Gasteiger partial charge < -0.3 is 0 Å². The third-order valence-corrected chi connectivity index (χ3v) is 5.68. The quantitative estimate of drug-likeness (QED) is 0.616. The van der Waals surface area contributed by atoms with Gasteiger partial charge in [-0.25, -0.2) is 8.78 Å². The minimum atomic E-state index is -0.266. The van der Waals surface area contributed by atoms with Crippen LogP contribution in [0.3, 0.4) is 0 Å². The molecule has 4 rings (SSSR count). The molecule has 3 aromatic carbocycles. The number of nitrogens with zero attached hydrogens (tertiary/aromatic N) is 3. The summed E-state index contributed by atoms with van der Waals surface area (Å²) in [6.07, 6.45) is 0. The van der Waals surface area contributed by atoms with Crippen molar-refractivity contribution in [2.45, 2.75) is 12.6 Å². The highest BCUT2D eigenvalue weighted by Crippen LogP contribution is 2.30. The highest BCUT2D eigenvalue weighted by Gasteiger charge is 2.26. The number of rotatable bonds is 5. The summed E-state index contributed by atoms with van der Waals surface area (Å²) in [4.78, 5) is 4.70. The summed E-state index contributed by atoms with van der Waals surface area (Å²) in [6.45, 7) is 4.12. The van der Waals surface area contributed by atoms with Gasteiger partial charge in [-0.05, 0) is 47.0 Å². The number of nitriles is 1. The van der Waals surface area contributed by atoms with E-state index in [0.717, 1.165) is 55.0 Å². The van der Waals surface area contributed by atoms with E-state index in [9.17, 15) is 14.0 Å². The lowest BCUT2D eigenvalue weighted by Crippen LogP contribution is -2.47. The Balaban J connectivity index is 1.51. The van der Waals surface area contributed by atoms with E-state index >= 15 is 0 Å². The molecule has 0 spiro atoms. The molecule has 0 radical (unpaired) electrons. The summed E-state index contributed by atoms with van der Waals surface area (Å²) < 4.78 is 27.0. The van der Waals surface area contributed by atoms with Gasteiger partial charge >= 0.3 is 0 Å². The Morgan fingerprint density at radius 3 is 1.83 bits per heavy atom. The summed E-state index contributed by atoms with van der Waals surface area (Å²) in [5.74, 6) is -0.532. The molecule has 1 saturated heterocycles. The van der Waals surface area contributed by atoms with Crippen LogP contribution in [-0.2, 0) is 6.54 Å². The van der Waals surface area contributed by atoms with Crippen molar-refractivity contribution in [2.75, 3.05) is 26.2 Å². The summed E-state index contributed by atoms with van der Waals surface area (Å²) in [5, 5.41) is 9.32. The summed E-state index contributed by atoms with van der Waals surface area (Å²) >= 11 is 0. The Hall–Kier alpha value is -3.07. The molecule has 1 aliphatic rings. The normalized spacial score (nSPS) is 15.3. The first-order valence-electron chi connectivity index (χ1n) is 10.1. The average molecular weight is 403 g/mol. The van der Waals surface area contributed by atoms with Crippen LogP contribution >= 0.6 is 0 Å². The maximum atomic E-state index is 13.5. The number of hydrogen-bond acceptors (Lipinski definition) is 3. The minimum Gasteiger partial charge on any atom is -0.296 e. The van der Waals surface area contributed by atoms with Crippen LogP contribution < -0.4 is 0 Å². The minimum absolute atomic E-state index is 0.0558. The van der Waals surface area contributed by atoms with E-state index in [1.807, 2.05) is 24.3 Å². The molecule has 0 amide bonds. The second-order valence-corrected chi connectivity index (χ2v) is 7.59. The topological polar surface area (TPSA) is 30.3 Å². The number of halogens is 2. The lowest BCUT2D eigenvalue weighted by atomic mass is 9.96. The van der Waals surface area contributed by atoms with Gasteiger partial charge in [-0.3, -0.25) is 9.80 Å². The molecule has 30 heavy (non-hydrogen) atoms. The summed E-state index contributed by atoms with van der Waals surface area (Å²) in [7, 11) is 0. The molecule has 0 bridgehead atoms. The maximum Gasteiger partial charge on any atom is 0.123 e. The lowest BCUT2D eigenvalue weighted by Gasteiger charge is -2.40. The molecule has 1 aliphatic heterocycles. The van der Waals surface area contributed by atoms with E-state index < -0.39 is 0 Å². The molecule has 0 saturated carbocycles. The Labute approximate surface area is 175 Å². The van der Waals surface area contributed by atoms with Crippen molar-refractivity contribution in [3.63, 3.8) is 0 Å². The van der Waals surface area contributed by atoms with Gasteiger partial charge in [-0.1, -0.05) is 42.5 Å². The monoisotopic (exact) mass is 403 g/mol. The van der Waals surface area contributed by atoms with Crippen molar-refractivity contribution in [3.05, 3.63) is 107 Å². The smallest absolute Gasteiger partial charge is 0.123 e. The largest absolute Gasteiger partial charge is 0.296 e. The second kappa shape index (κ2) is 9.17. The second-order valence-electron chi connectivity index (χ2n) is 7.59. The molecular formula is C25H23F2N3. The fourth-order valence-electron chi connectivity index (χ4n) is 4.09. The zero-order valence-electron chi connectivity index (χ0n) is 16.6. The first-order valence-corrected chi connectivity index (χ1v) is 10.1. The highest BCUT2D eigenvalue weighted by molar-refractivity contribution is 5.37. The highest BCUT2D eigenvalue weighted by atomic mass is 19.1. The third-order valence-electron chi connectivity index (χ3n) is 5.68. The molecule has 0 aromatic heterocycles. The van der Waals surface area contributed by atoms with Gasteiger partial charge in [-0.15, -0.1) is 0 Å². The molecule has 3 nitrogen and oxygen atoms in total. The van der Waals surface area contributed by atoms with E-state index in [1.54, 1.807) is 24.3 Å². The number of benzene rings is 3. The van der Waals surface area contributed by atoms with Crippen LogP contribution in [0.1, 0.15) is 28.3 Å². The maximum absolute atomic E-state index is 13.5. The standard InChI is InChI=1S/C25H23F2N3/c26-23-9-5-19(6-10-23)25(20-7-11-24(27)12-8-20)30-15-13-29(14-16-30)18-22-4-2-1-3-21(22)17-28/h1-12,25H,13-16,18H2. The van der Waals surface area contributed by atoms with Gasteiger partial charge in [0.2, 0.25) is 0 Å². The van der Waals surface area contributed by atoms with Gasteiger partial charge in [0.25, 0.3) is 0 Å². The van der Waals surface area contributed by atoms with E-state index in [-0.39, 0.29) is 17.7 Å². The fraction of sp³-hybridized carbons (Fsp3) is 0.240. The van der Waals surface area contributed by atoms with Crippen LogP contribution in [0, 0.1) is 23.0 Å². The van der Waals surface area contributed by atoms with Crippen LogP contribution in [-0.4, -0.2) is 36.0 Å². The van der Waals surface area contributed by atoms with Crippen molar-refractivity contribution in [2.24, 2.45) is 0 Å². The Morgan fingerprint density at radius 1 is 0.767 bits per heavy atom. The predicted molar refractivity (Wildman–Crippen MR) is 113 cm³/mol. The fourth-order valence-corrected chi connectivity index (χ4v) is 4.09. The molecule has 5 heteroatoms. The van der Waals surface area contributed by atoms with Gasteiger partial charge in [0, 0.05) is 32.7 Å². The number of hydrogen-bond donors (Lipinski definition) is 0. The Bertz CT molecular complexity index is 972. The molecular weight excluding hydrogens is 380 g/mol. The average Bonchev–Trinajstić information content (AvgIpc) is 2.78. The summed E-state index contributed by atoms with van der Waals surface area (Å²) in [6, 6.07) is 23.0. The van der Waals surface area contributed by atoms with Crippen molar-refractivity contribution in [1.29, 1.82) is 5.26 Å². The molecule has 0 aliphatic carbocycles. The predicted octanol–water partition coefficient (Wildman–Crippen LogP) is 4.74. The van der Waals surface area contributed by atoms with Crippen LogP contribution in [0.5, 0.6) is 0 Å². The van der Waals surface area contributed by atoms with Crippen molar-refractivity contribution in [3.8, 4) is 6.07 Å². The van der Waals surface area contributed by atoms with Crippen LogP contribution in [0.15, 0.2) is 72.8 Å². The molecule has 152 valence electrons. The van der Waals surface area contributed by atoms with Crippen LogP contribution in [0.25, 0.3) is 0 Å². The lowest BCUT2D eigenvalue weighted by molar-refractivity contribution is 0.105. The molecule has 0 atom stereocenters. The van der Waals surface area contributed by atoms with Gasteiger partial charge in [-0.2, -0.15) is 5.26 Å². The molecule has 0 N–H and O–H groups in total. The SMILES string of the molecule is N#Cc1ccccc1CN1CCN(C(c2ccc(F)cc2)c2ccc(F)cc2)CC1. The van der Waals surface area contributed by atoms with Crippen molar-refractivity contribution < 1.29 is 8.78 Å². The van der Waals surface area contributed by atoms with Crippen LogP contribution in [0.2, 0.25) is 0 Å². The third kappa shape index (κ3) is 4.56. The van der Waals surface area contributed by atoms with Crippen LogP contribution in [0.4, 0.5) is 8.78 Å². The molecule has 1 heterocycles. The van der Waals surface area contributed by atoms with E-state index in [1.165, 1.54) is 24.3 Å². The Morgan fingerprint density at radius 2 is 1.30 bits per heavy atom. The zero-order valence-corrected chi connectivity index (χ0v) is 16.6. The molecule has 3 aromatic rings. The van der Waals surface area contributed by atoms with Gasteiger partial charge in [0.1, 0.15) is 11.6 Å². The number of piperazine rings is 1. The molecule has 1 fully saturated rings. The zero-order chi connectivity index (χ0) is 20.9. The van der Waals surface area contributed by atoms with Gasteiger partial charge in [0.05, 0.1) is 17.7 Å². The first kappa shape index (κ1) is 20.2. The van der Waals surface area contributed by atoms with E-state index in [0.29, 0.717) is 0 Å². The van der Waals surface area contributed by atoms with Crippen molar-refractivity contribution in [1.82, 2.24) is 9.80 Å². The van der Waals surface area contributed by atoms with Gasteiger partial charge in [0.15, 0.2) is 0 Å². The van der Waals surface area contributed by atoms with E-state index in [4.69, 9.17) is 0 Å². The molecule has 0 unspecified atom stereocenters. The first-order chi connectivity index (χ1) is 14.6.